The summed E-state index contributed by atoms with van der Waals surface area (Å²) in [6.45, 7) is 6.58. The van der Waals surface area contributed by atoms with Crippen LogP contribution in [0.1, 0.15) is 27.8 Å². The van der Waals surface area contributed by atoms with E-state index in [2.05, 4.69) is 95.1 Å². The van der Waals surface area contributed by atoms with Crippen molar-refractivity contribution in [2.24, 2.45) is 0 Å². The number of halogens is 2. The third-order valence-electron chi connectivity index (χ3n) is 4.26. The molecular formula is C19H22Br2. The van der Waals surface area contributed by atoms with Gasteiger partial charge in [-0.05, 0) is 49.4 Å². The van der Waals surface area contributed by atoms with Crippen LogP contribution in [0.5, 0.6) is 0 Å². The molecule has 0 aliphatic rings. The van der Waals surface area contributed by atoms with Crippen molar-refractivity contribution in [1.82, 2.24) is 0 Å². The van der Waals surface area contributed by atoms with Crippen molar-refractivity contribution in [3.05, 3.63) is 70.3 Å². The minimum Gasteiger partial charge on any atom is -0.0918 e. The highest BCUT2D eigenvalue weighted by Crippen LogP contribution is 2.35. The average Bonchev–Trinajstić information content (AvgIpc) is 2.49. The van der Waals surface area contributed by atoms with Gasteiger partial charge in [-0.2, -0.15) is 0 Å². The first-order valence-electron chi connectivity index (χ1n) is 7.26. The molecule has 0 spiro atoms. The number of aryl methyl sites for hydroxylation is 3. The van der Waals surface area contributed by atoms with E-state index in [4.69, 9.17) is 0 Å². The second-order valence-corrected chi connectivity index (χ2v) is 7.09. The molecule has 0 aliphatic carbocycles. The molecule has 112 valence electrons. The molecule has 0 bridgehead atoms. The van der Waals surface area contributed by atoms with Gasteiger partial charge in [-0.15, -0.1) is 0 Å². The summed E-state index contributed by atoms with van der Waals surface area (Å²) < 4.78 is 0. The number of hydrogen-bond acceptors (Lipinski definition) is 0. The summed E-state index contributed by atoms with van der Waals surface area (Å²) in [6.07, 6.45) is 1.04. The van der Waals surface area contributed by atoms with Gasteiger partial charge in [0.25, 0.3) is 0 Å². The predicted molar refractivity (Wildman–Crippen MR) is 100 cm³/mol. The SMILES string of the molecule is Cc1ccc(C)c(CC(CBr)(CBr)c2ccccc2C)c1. The molecule has 0 saturated carbocycles. The first kappa shape index (κ1) is 16.8. The normalized spacial score (nSPS) is 11.7. The fraction of sp³-hybridized carbons (Fsp3) is 0.368. The fourth-order valence-corrected chi connectivity index (χ4v) is 4.82. The Labute approximate surface area is 145 Å². The van der Waals surface area contributed by atoms with Gasteiger partial charge in [-0.25, -0.2) is 0 Å². The van der Waals surface area contributed by atoms with E-state index in [-0.39, 0.29) is 5.41 Å². The van der Waals surface area contributed by atoms with Gasteiger partial charge in [-0.3, -0.25) is 0 Å². The standard InChI is InChI=1S/C19H22Br2/c1-14-8-9-15(2)17(10-14)11-19(12-20,13-21)18-7-5-4-6-16(18)3/h4-10H,11-13H2,1-3H3. The summed E-state index contributed by atoms with van der Waals surface area (Å²) >= 11 is 7.55. The molecule has 2 aromatic carbocycles. The molecule has 0 unspecified atom stereocenters. The number of hydrogen-bond donors (Lipinski definition) is 0. The van der Waals surface area contributed by atoms with E-state index in [1.807, 2.05) is 0 Å². The summed E-state index contributed by atoms with van der Waals surface area (Å²) in [5, 5.41) is 1.90. The Hall–Kier alpha value is -0.600. The fourth-order valence-electron chi connectivity index (χ4n) is 2.89. The van der Waals surface area contributed by atoms with Gasteiger partial charge < -0.3 is 0 Å². The Morgan fingerprint density at radius 3 is 2.14 bits per heavy atom. The molecule has 0 amide bonds. The molecular weight excluding hydrogens is 388 g/mol. The lowest BCUT2D eigenvalue weighted by molar-refractivity contribution is 0.546. The van der Waals surface area contributed by atoms with Gasteiger partial charge in [0.15, 0.2) is 0 Å². The van der Waals surface area contributed by atoms with E-state index in [1.165, 1.54) is 27.8 Å². The molecule has 2 heteroatoms. The monoisotopic (exact) mass is 408 g/mol. The van der Waals surface area contributed by atoms with Gasteiger partial charge in [0.2, 0.25) is 0 Å². The molecule has 2 aromatic rings. The highest BCUT2D eigenvalue weighted by Gasteiger charge is 2.32. The van der Waals surface area contributed by atoms with E-state index in [0.717, 1.165) is 17.1 Å². The van der Waals surface area contributed by atoms with Crippen LogP contribution < -0.4 is 0 Å². The van der Waals surface area contributed by atoms with E-state index in [0.29, 0.717) is 0 Å². The van der Waals surface area contributed by atoms with Gasteiger partial charge >= 0.3 is 0 Å². The zero-order valence-electron chi connectivity index (χ0n) is 12.9. The lowest BCUT2D eigenvalue weighted by atomic mass is 9.76. The van der Waals surface area contributed by atoms with Crippen LogP contribution in [-0.4, -0.2) is 10.7 Å². The molecule has 0 nitrogen and oxygen atoms in total. The average molecular weight is 410 g/mol. The lowest BCUT2D eigenvalue weighted by Crippen LogP contribution is -2.34. The van der Waals surface area contributed by atoms with E-state index >= 15 is 0 Å². The van der Waals surface area contributed by atoms with Crippen LogP contribution in [0.3, 0.4) is 0 Å². The van der Waals surface area contributed by atoms with E-state index in [9.17, 15) is 0 Å². The molecule has 0 fully saturated rings. The summed E-state index contributed by atoms with van der Waals surface area (Å²) in [5.41, 5.74) is 7.03. The van der Waals surface area contributed by atoms with Crippen LogP contribution in [0, 0.1) is 20.8 Å². The number of alkyl halides is 2. The van der Waals surface area contributed by atoms with E-state index in [1.54, 1.807) is 0 Å². The quantitative estimate of drug-likeness (QED) is 0.540. The Morgan fingerprint density at radius 1 is 0.857 bits per heavy atom. The van der Waals surface area contributed by atoms with Crippen molar-refractivity contribution >= 4 is 31.9 Å². The zero-order valence-corrected chi connectivity index (χ0v) is 16.1. The van der Waals surface area contributed by atoms with Gasteiger partial charge in [0.1, 0.15) is 0 Å². The second-order valence-electron chi connectivity index (χ2n) is 5.97. The van der Waals surface area contributed by atoms with Gasteiger partial charge in [0.05, 0.1) is 0 Å². The minimum atomic E-state index is 0.0872. The Balaban J connectivity index is 2.48. The van der Waals surface area contributed by atoms with E-state index < -0.39 is 0 Å². The largest absolute Gasteiger partial charge is 0.0918 e. The smallest absolute Gasteiger partial charge is 0.0190 e. The van der Waals surface area contributed by atoms with Crippen LogP contribution in [0.2, 0.25) is 0 Å². The molecule has 21 heavy (non-hydrogen) atoms. The highest BCUT2D eigenvalue weighted by molar-refractivity contribution is 9.09. The van der Waals surface area contributed by atoms with Crippen molar-refractivity contribution < 1.29 is 0 Å². The Bertz CT molecular complexity index is 613. The maximum atomic E-state index is 3.77. The molecule has 0 N–H and O–H groups in total. The first-order chi connectivity index (χ1) is 10.0. The molecule has 0 aromatic heterocycles. The molecule has 0 heterocycles. The van der Waals surface area contributed by atoms with Crippen LogP contribution in [-0.2, 0) is 11.8 Å². The predicted octanol–water partition coefficient (Wildman–Crippen LogP) is 5.88. The number of benzene rings is 2. The van der Waals surface area contributed by atoms with Gasteiger partial charge in [-0.1, -0.05) is 79.9 Å². The molecule has 2 rings (SSSR count). The first-order valence-corrected chi connectivity index (χ1v) is 9.51. The summed E-state index contributed by atoms with van der Waals surface area (Å²) in [5.74, 6) is 0. The van der Waals surface area contributed by atoms with Crippen molar-refractivity contribution in [3.63, 3.8) is 0 Å². The molecule has 0 radical (unpaired) electrons. The molecule has 0 aliphatic heterocycles. The summed E-state index contributed by atoms with van der Waals surface area (Å²) in [4.78, 5) is 0. The maximum Gasteiger partial charge on any atom is 0.0190 e. The van der Waals surface area contributed by atoms with Crippen LogP contribution >= 0.6 is 31.9 Å². The van der Waals surface area contributed by atoms with Crippen molar-refractivity contribution in [1.29, 1.82) is 0 Å². The zero-order chi connectivity index (χ0) is 15.5. The third-order valence-corrected chi connectivity index (χ3v) is 6.41. The second kappa shape index (κ2) is 7.11. The Kier molecular flexibility index (Phi) is 5.67. The van der Waals surface area contributed by atoms with Crippen LogP contribution in [0.25, 0.3) is 0 Å². The van der Waals surface area contributed by atoms with Gasteiger partial charge in [0, 0.05) is 16.1 Å². The molecule has 0 saturated heterocycles. The topological polar surface area (TPSA) is 0 Å². The van der Waals surface area contributed by atoms with Crippen molar-refractivity contribution in [3.8, 4) is 0 Å². The van der Waals surface area contributed by atoms with Crippen molar-refractivity contribution in [2.45, 2.75) is 32.6 Å². The molecule has 0 atom stereocenters. The Morgan fingerprint density at radius 2 is 1.52 bits per heavy atom. The highest BCUT2D eigenvalue weighted by atomic mass is 79.9. The van der Waals surface area contributed by atoms with Crippen LogP contribution in [0.15, 0.2) is 42.5 Å². The third kappa shape index (κ3) is 3.60. The minimum absolute atomic E-state index is 0.0872. The van der Waals surface area contributed by atoms with Crippen LogP contribution in [0.4, 0.5) is 0 Å². The summed E-state index contributed by atoms with van der Waals surface area (Å²) in [7, 11) is 0. The van der Waals surface area contributed by atoms with Crippen molar-refractivity contribution in [2.75, 3.05) is 10.7 Å². The number of rotatable bonds is 5. The maximum absolute atomic E-state index is 3.77. The summed E-state index contributed by atoms with van der Waals surface area (Å²) in [6, 6.07) is 15.5. The lowest BCUT2D eigenvalue weighted by Gasteiger charge is -2.33.